The highest BCUT2D eigenvalue weighted by molar-refractivity contribution is 6.02. The Morgan fingerprint density at radius 1 is 1.14 bits per heavy atom. The second kappa shape index (κ2) is 7.24. The molecule has 1 atom stereocenters. The number of fused-ring (bicyclic) bond motifs is 1. The lowest BCUT2D eigenvalue weighted by Crippen LogP contribution is -2.57. The van der Waals surface area contributed by atoms with Gasteiger partial charge in [-0.3, -0.25) is 9.59 Å². The minimum Gasteiger partial charge on any atom is -0.486 e. The topological polar surface area (TPSA) is 82.9 Å². The fraction of sp³-hybridized carbons (Fsp3) is 0.286. The third kappa shape index (κ3) is 3.14. The highest BCUT2D eigenvalue weighted by Gasteiger charge is 2.34. The molecule has 142 valence electrons. The van der Waals surface area contributed by atoms with Crippen LogP contribution < -0.4 is 14.4 Å². The average Bonchev–Trinajstić information content (AvgIpc) is 2.74. The Kier molecular flexibility index (Phi) is 4.62. The Morgan fingerprint density at radius 3 is 2.68 bits per heavy atom. The number of amides is 2. The lowest BCUT2D eigenvalue weighted by molar-refractivity contribution is -0.121. The van der Waals surface area contributed by atoms with Crippen molar-refractivity contribution in [1.29, 1.82) is 5.26 Å². The van der Waals surface area contributed by atoms with Crippen LogP contribution in [0.15, 0.2) is 42.5 Å². The van der Waals surface area contributed by atoms with Crippen LogP contribution in [0.5, 0.6) is 11.5 Å². The second-order valence-electron chi connectivity index (χ2n) is 6.77. The Bertz CT molecular complexity index is 982. The highest BCUT2D eigenvalue weighted by atomic mass is 16.6. The Balaban J connectivity index is 1.56. The van der Waals surface area contributed by atoms with Gasteiger partial charge < -0.3 is 19.3 Å². The highest BCUT2D eigenvalue weighted by Crippen LogP contribution is 2.32. The summed E-state index contributed by atoms with van der Waals surface area (Å²) in [5.74, 6) is 0.709. The van der Waals surface area contributed by atoms with Crippen molar-refractivity contribution in [3.05, 3.63) is 53.6 Å². The van der Waals surface area contributed by atoms with E-state index in [1.165, 1.54) is 0 Å². The van der Waals surface area contributed by atoms with Crippen molar-refractivity contribution in [2.24, 2.45) is 0 Å². The first-order valence-corrected chi connectivity index (χ1v) is 9.08. The number of carbonyl (C=O) groups excluding carboxylic acids is 2. The Hall–Kier alpha value is -3.53. The summed E-state index contributed by atoms with van der Waals surface area (Å²) >= 11 is 0. The molecule has 2 aromatic carbocycles. The normalized spacial score (nSPS) is 18.6. The first kappa shape index (κ1) is 17.9. The van der Waals surface area contributed by atoms with Gasteiger partial charge in [0.25, 0.3) is 5.91 Å². The quantitative estimate of drug-likeness (QED) is 0.801. The van der Waals surface area contributed by atoms with Crippen molar-refractivity contribution in [2.75, 3.05) is 31.2 Å². The van der Waals surface area contributed by atoms with Crippen molar-refractivity contribution in [3.8, 4) is 17.6 Å². The van der Waals surface area contributed by atoms with Gasteiger partial charge in [0, 0.05) is 18.2 Å². The molecule has 0 spiro atoms. The number of rotatable bonds is 2. The predicted octanol–water partition coefficient (Wildman–Crippen LogP) is 2.21. The SMILES string of the molecule is C[C@@H]1CN(c2ccccc2C#N)C(=O)CN1C(=O)c1ccc2c(c1)OCCO2. The molecule has 2 heterocycles. The maximum Gasteiger partial charge on any atom is 0.254 e. The number of nitrogens with zero attached hydrogens (tertiary/aromatic N) is 3. The van der Waals surface area contributed by atoms with E-state index in [1.807, 2.05) is 6.92 Å². The van der Waals surface area contributed by atoms with Crippen LogP contribution in [-0.2, 0) is 4.79 Å². The number of anilines is 1. The smallest absolute Gasteiger partial charge is 0.254 e. The fourth-order valence-corrected chi connectivity index (χ4v) is 3.50. The molecule has 0 aliphatic carbocycles. The van der Waals surface area contributed by atoms with E-state index in [4.69, 9.17) is 9.47 Å². The van der Waals surface area contributed by atoms with Gasteiger partial charge in [-0.15, -0.1) is 0 Å². The van der Waals surface area contributed by atoms with E-state index >= 15 is 0 Å². The maximum atomic E-state index is 13.0. The van der Waals surface area contributed by atoms with Gasteiger partial charge in [0.15, 0.2) is 11.5 Å². The van der Waals surface area contributed by atoms with Gasteiger partial charge in [0.2, 0.25) is 5.91 Å². The molecule has 0 unspecified atom stereocenters. The molecule has 0 bridgehead atoms. The van der Waals surface area contributed by atoms with E-state index in [0.717, 1.165) is 0 Å². The number of hydrogen-bond donors (Lipinski definition) is 0. The lowest BCUT2D eigenvalue weighted by Gasteiger charge is -2.39. The third-order valence-corrected chi connectivity index (χ3v) is 4.95. The van der Waals surface area contributed by atoms with Crippen LogP contribution in [-0.4, -0.2) is 49.1 Å². The van der Waals surface area contributed by atoms with Crippen LogP contribution >= 0.6 is 0 Å². The largest absolute Gasteiger partial charge is 0.486 e. The number of ether oxygens (including phenoxy) is 2. The number of nitriles is 1. The predicted molar refractivity (Wildman–Crippen MR) is 101 cm³/mol. The van der Waals surface area contributed by atoms with Crippen LogP contribution in [0.1, 0.15) is 22.8 Å². The standard InChI is InChI=1S/C21H19N3O4/c1-14-12-24(17-5-3-2-4-16(17)11-22)20(25)13-23(14)21(26)15-6-7-18-19(10-15)28-9-8-27-18/h2-7,10,14H,8-9,12-13H2,1H3/t14-/m1/s1. The molecule has 7 heteroatoms. The minimum atomic E-state index is -0.231. The van der Waals surface area contributed by atoms with Gasteiger partial charge in [0.05, 0.1) is 11.3 Å². The van der Waals surface area contributed by atoms with E-state index in [0.29, 0.717) is 48.1 Å². The van der Waals surface area contributed by atoms with Crippen LogP contribution in [0.4, 0.5) is 5.69 Å². The number of para-hydroxylation sites is 1. The molecule has 2 aliphatic rings. The molecule has 2 aliphatic heterocycles. The van der Waals surface area contributed by atoms with Crippen LogP contribution in [0.2, 0.25) is 0 Å². The van der Waals surface area contributed by atoms with Gasteiger partial charge in [-0.2, -0.15) is 5.26 Å². The molecule has 0 saturated carbocycles. The fourth-order valence-electron chi connectivity index (χ4n) is 3.50. The molecular formula is C21H19N3O4. The zero-order valence-corrected chi connectivity index (χ0v) is 15.4. The molecule has 1 saturated heterocycles. The molecule has 4 rings (SSSR count). The summed E-state index contributed by atoms with van der Waals surface area (Å²) in [4.78, 5) is 28.9. The van der Waals surface area contributed by atoms with Gasteiger partial charge in [-0.25, -0.2) is 0 Å². The summed E-state index contributed by atoms with van der Waals surface area (Å²) in [5, 5.41) is 9.31. The average molecular weight is 377 g/mol. The number of carbonyl (C=O) groups is 2. The summed E-state index contributed by atoms with van der Waals surface area (Å²) < 4.78 is 11.0. The molecule has 0 N–H and O–H groups in total. The van der Waals surface area contributed by atoms with Crippen molar-refractivity contribution in [3.63, 3.8) is 0 Å². The van der Waals surface area contributed by atoms with E-state index in [2.05, 4.69) is 6.07 Å². The Labute approximate surface area is 162 Å². The molecule has 7 nitrogen and oxygen atoms in total. The van der Waals surface area contributed by atoms with Crippen molar-refractivity contribution in [2.45, 2.75) is 13.0 Å². The summed E-state index contributed by atoms with van der Waals surface area (Å²) in [6, 6.07) is 14.0. The molecule has 0 radical (unpaired) electrons. The van der Waals surface area contributed by atoms with Crippen LogP contribution in [0, 0.1) is 11.3 Å². The summed E-state index contributed by atoms with van der Waals surface area (Å²) in [5.41, 5.74) is 1.47. The van der Waals surface area contributed by atoms with Gasteiger partial charge in [-0.1, -0.05) is 12.1 Å². The molecule has 1 fully saturated rings. The van der Waals surface area contributed by atoms with Crippen molar-refractivity contribution < 1.29 is 19.1 Å². The summed E-state index contributed by atoms with van der Waals surface area (Å²) in [6.45, 7) is 3.10. The van der Waals surface area contributed by atoms with E-state index < -0.39 is 0 Å². The molecule has 2 aromatic rings. The summed E-state index contributed by atoms with van der Waals surface area (Å²) in [6.07, 6.45) is 0. The lowest BCUT2D eigenvalue weighted by atomic mass is 10.1. The molecule has 0 aromatic heterocycles. The number of hydrogen-bond acceptors (Lipinski definition) is 5. The molecular weight excluding hydrogens is 358 g/mol. The maximum absolute atomic E-state index is 13.0. The molecule has 2 amide bonds. The first-order valence-electron chi connectivity index (χ1n) is 9.08. The minimum absolute atomic E-state index is 0.0474. The van der Waals surface area contributed by atoms with Gasteiger partial charge >= 0.3 is 0 Å². The number of benzene rings is 2. The van der Waals surface area contributed by atoms with Gasteiger partial charge in [-0.05, 0) is 37.3 Å². The number of piperazine rings is 1. The van der Waals surface area contributed by atoms with Crippen molar-refractivity contribution in [1.82, 2.24) is 4.90 Å². The van der Waals surface area contributed by atoms with Crippen LogP contribution in [0.3, 0.4) is 0 Å². The molecule has 28 heavy (non-hydrogen) atoms. The summed E-state index contributed by atoms with van der Waals surface area (Å²) in [7, 11) is 0. The van der Waals surface area contributed by atoms with Crippen molar-refractivity contribution >= 4 is 17.5 Å². The first-order chi connectivity index (χ1) is 13.6. The zero-order valence-electron chi connectivity index (χ0n) is 15.4. The Morgan fingerprint density at radius 2 is 1.89 bits per heavy atom. The van der Waals surface area contributed by atoms with E-state index in [-0.39, 0.29) is 24.4 Å². The van der Waals surface area contributed by atoms with Crippen LogP contribution in [0.25, 0.3) is 0 Å². The third-order valence-electron chi connectivity index (χ3n) is 4.95. The monoisotopic (exact) mass is 377 g/mol. The zero-order chi connectivity index (χ0) is 19.7. The van der Waals surface area contributed by atoms with E-state index in [1.54, 1.807) is 52.3 Å². The van der Waals surface area contributed by atoms with Gasteiger partial charge in [0.1, 0.15) is 25.8 Å². The second-order valence-corrected chi connectivity index (χ2v) is 6.77. The van der Waals surface area contributed by atoms with E-state index in [9.17, 15) is 14.9 Å².